The van der Waals surface area contributed by atoms with Gasteiger partial charge in [-0.1, -0.05) is 24.3 Å². The molecule has 0 aliphatic carbocycles. The molecule has 4 rings (SSSR count). The van der Waals surface area contributed by atoms with Crippen LogP contribution in [0.15, 0.2) is 67.0 Å². The Kier molecular flexibility index (Phi) is 7.97. The predicted molar refractivity (Wildman–Crippen MR) is 131 cm³/mol. The maximum Gasteiger partial charge on any atom is 0.330 e. The number of ether oxygens (including phenoxy) is 2. The number of hydrogen-bond acceptors (Lipinski definition) is 6. The Morgan fingerprint density at radius 2 is 2.11 bits per heavy atom. The third-order valence-electron chi connectivity index (χ3n) is 5.66. The molecule has 1 amide bonds. The van der Waals surface area contributed by atoms with E-state index >= 15 is 0 Å². The van der Waals surface area contributed by atoms with Crippen molar-refractivity contribution >= 4 is 23.6 Å². The average Bonchev–Trinajstić information content (AvgIpc) is 3.41. The smallest absolute Gasteiger partial charge is 0.330 e. The van der Waals surface area contributed by atoms with E-state index in [0.29, 0.717) is 12.2 Å². The third-order valence-corrected chi connectivity index (χ3v) is 5.66. The fourth-order valence-electron chi connectivity index (χ4n) is 3.81. The van der Waals surface area contributed by atoms with Crippen molar-refractivity contribution in [1.82, 2.24) is 4.98 Å². The predicted octanol–water partition coefficient (Wildman–Crippen LogP) is 4.33. The Labute approximate surface area is 202 Å². The van der Waals surface area contributed by atoms with Gasteiger partial charge in [0.2, 0.25) is 0 Å². The van der Waals surface area contributed by atoms with Crippen LogP contribution in [-0.2, 0) is 20.8 Å². The number of nitrogens with zero attached hydrogens (tertiary/aromatic N) is 1. The van der Waals surface area contributed by atoms with Gasteiger partial charge in [-0.05, 0) is 65.4 Å². The maximum atomic E-state index is 13.9. The van der Waals surface area contributed by atoms with Gasteiger partial charge in [0, 0.05) is 31.0 Å². The van der Waals surface area contributed by atoms with Crippen molar-refractivity contribution in [3.8, 4) is 11.1 Å². The van der Waals surface area contributed by atoms with E-state index in [0.717, 1.165) is 41.3 Å². The number of anilines is 1. The van der Waals surface area contributed by atoms with E-state index < -0.39 is 17.7 Å². The van der Waals surface area contributed by atoms with Crippen LogP contribution in [0, 0.1) is 5.82 Å². The SMILES string of the molecule is NCc1ccc(C(=O)Nc2ccncc2F)cc1-c1cccc(/C=C/C(=O)OCC2CCCO2)c1. The minimum absolute atomic E-state index is 0.0233. The number of nitrogens with one attached hydrogen (secondary N) is 1. The Balaban J connectivity index is 1.50. The van der Waals surface area contributed by atoms with Gasteiger partial charge in [0.25, 0.3) is 5.91 Å². The molecule has 7 nitrogen and oxygen atoms in total. The monoisotopic (exact) mass is 475 g/mol. The molecule has 180 valence electrons. The summed E-state index contributed by atoms with van der Waals surface area (Å²) in [6.45, 7) is 1.23. The molecule has 1 unspecified atom stereocenters. The first-order valence-corrected chi connectivity index (χ1v) is 11.3. The van der Waals surface area contributed by atoms with Gasteiger partial charge in [-0.15, -0.1) is 0 Å². The fraction of sp³-hybridized carbons (Fsp3) is 0.222. The highest BCUT2D eigenvalue weighted by molar-refractivity contribution is 6.05. The summed E-state index contributed by atoms with van der Waals surface area (Å²) in [5, 5.41) is 2.56. The molecule has 0 bridgehead atoms. The van der Waals surface area contributed by atoms with Gasteiger partial charge in [0.15, 0.2) is 5.82 Å². The number of benzene rings is 2. The zero-order chi connectivity index (χ0) is 24.6. The lowest BCUT2D eigenvalue weighted by Crippen LogP contribution is -2.16. The number of nitrogens with two attached hydrogens (primary N) is 1. The first-order chi connectivity index (χ1) is 17.0. The first kappa shape index (κ1) is 24.3. The number of amides is 1. The molecule has 1 saturated heterocycles. The molecular weight excluding hydrogens is 449 g/mol. The lowest BCUT2D eigenvalue weighted by molar-refractivity contribution is -0.140. The van der Waals surface area contributed by atoms with E-state index in [1.54, 1.807) is 24.3 Å². The molecule has 1 fully saturated rings. The number of halogens is 1. The molecular formula is C27H26FN3O4. The van der Waals surface area contributed by atoms with Crippen LogP contribution in [0.2, 0.25) is 0 Å². The molecule has 3 N–H and O–H groups in total. The quantitative estimate of drug-likeness (QED) is 0.371. The molecule has 1 aliphatic rings. The minimum Gasteiger partial charge on any atom is -0.460 e. The topological polar surface area (TPSA) is 104 Å². The highest BCUT2D eigenvalue weighted by Crippen LogP contribution is 2.27. The van der Waals surface area contributed by atoms with Crippen molar-refractivity contribution in [1.29, 1.82) is 0 Å². The Hall–Kier alpha value is -3.88. The Morgan fingerprint density at radius 3 is 2.89 bits per heavy atom. The minimum atomic E-state index is -0.617. The number of aromatic nitrogens is 1. The second-order valence-electron chi connectivity index (χ2n) is 8.11. The summed E-state index contributed by atoms with van der Waals surface area (Å²) in [4.78, 5) is 28.5. The molecule has 1 aromatic heterocycles. The number of rotatable bonds is 8. The van der Waals surface area contributed by atoms with Crippen molar-refractivity contribution in [3.63, 3.8) is 0 Å². The van der Waals surface area contributed by atoms with Crippen molar-refractivity contribution in [3.05, 3.63) is 89.5 Å². The number of esters is 1. The standard InChI is InChI=1S/C27H26FN3O4/c28-24-16-30-11-10-25(24)31-27(33)20-7-8-21(15-29)23(14-20)19-4-1-3-18(13-19)6-9-26(32)35-17-22-5-2-12-34-22/h1,3-4,6-11,13-14,16,22H,2,5,12,15,17,29H2,(H,30,31,33)/b9-6+. The van der Waals surface area contributed by atoms with Gasteiger partial charge in [-0.3, -0.25) is 9.78 Å². The summed E-state index contributed by atoms with van der Waals surface area (Å²) in [7, 11) is 0. The highest BCUT2D eigenvalue weighted by atomic mass is 19.1. The van der Waals surface area contributed by atoms with Gasteiger partial charge in [0.1, 0.15) is 6.61 Å². The summed E-state index contributed by atoms with van der Waals surface area (Å²) >= 11 is 0. The summed E-state index contributed by atoms with van der Waals surface area (Å²) < 4.78 is 24.6. The normalized spacial score (nSPS) is 15.3. The van der Waals surface area contributed by atoms with Crippen molar-refractivity contribution in [2.45, 2.75) is 25.5 Å². The zero-order valence-corrected chi connectivity index (χ0v) is 19.1. The Bertz CT molecular complexity index is 1240. The molecule has 0 radical (unpaired) electrons. The highest BCUT2D eigenvalue weighted by Gasteiger charge is 2.17. The fourth-order valence-corrected chi connectivity index (χ4v) is 3.81. The van der Waals surface area contributed by atoms with Crippen LogP contribution in [0.4, 0.5) is 10.1 Å². The second kappa shape index (κ2) is 11.5. The van der Waals surface area contributed by atoms with E-state index in [1.165, 1.54) is 18.3 Å². The molecule has 0 saturated carbocycles. The van der Waals surface area contributed by atoms with Crippen molar-refractivity contribution in [2.24, 2.45) is 5.73 Å². The summed E-state index contributed by atoms with van der Waals surface area (Å²) in [6, 6.07) is 14.0. The van der Waals surface area contributed by atoms with Gasteiger partial charge in [-0.2, -0.15) is 0 Å². The van der Waals surface area contributed by atoms with E-state index in [-0.39, 0.29) is 24.9 Å². The average molecular weight is 476 g/mol. The van der Waals surface area contributed by atoms with Gasteiger partial charge in [-0.25, -0.2) is 9.18 Å². The van der Waals surface area contributed by atoms with Gasteiger partial charge < -0.3 is 20.5 Å². The number of pyridine rings is 1. The molecule has 3 aromatic rings. The summed E-state index contributed by atoms with van der Waals surface area (Å²) in [6.07, 6.45) is 7.35. The van der Waals surface area contributed by atoms with Crippen LogP contribution < -0.4 is 11.1 Å². The molecule has 2 heterocycles. The zero-order valence-electron chi connectivity index (χ0n) is 19.1. The molecule has 1 aliphatic heterocycles. The van der Waals surface area contributed by atoms with Crippen molar-refractivity contribution in [2.75, 3.05) is 18.5 Å². The lowest BCUT2D eigenvalue weighted by atomic mass is 9.95. The van der Waals surface area contributed by atoms with Crippen LogP contribution in [0.3, 0.4) is 0 Å². The summed E-state index contributed by atoms with van der Waals surface area (Å²) in [5.74, 6) is -1.51. The molecule has 8 heteroatoms. The molecule has 2 aromatic carbocycles. The van der Waals surface area contributed by atoms with Crippen LogP contribution in [0.25, 0.3) is 17.2 Å². The Morgan fingerprint density at radius 1 is 1.23 bits per heavy atom. The van der Waals surface area contributed by atoms with E-state index in [2.05, 4.69) is 10.3 Å². The third kappa shape index (κ3) is 6.38. The lowest BCUT2D eigenvalue weighted by Gasteiger charge is -2.12. The number of carbonyl (C=O) groups is 2. The van der Waals surface area contributed by atoms with E-state index in [9.17, 15) is 14.0 Å². The van der Waals surface area contributed by atoms with E-state index in [4.69, 9.17) is 15.2 Å². The molecule has 0 spiro atoms. The first-order valence-electron chi connectivity index (χ1n) is 11.3. The number of carbonyl (C=O) groups excluding carboxylic acids is 2. The van der Waals surface area contributed by atoms with Crippen LogP contribution in [0.5, 0.6) is 0 Å². The van der Waals surface area contributed by atoms with Gasteiger partial charge >= 0.3 is 5.97 Å². The molecule has 1 atom stereocenters. The maximum absolute atomic E-state index is 13.9. The van der Waals surface area contributed by atoms with Crippen molar-refractivity contribution < 1.29 is 23.5 Å². The largest absolute Gasteiger partial charge is 0.460 e. The summed E-state index contributed by atoms with van der Waals surface area (Å²) in [5.41, 5.74) is 9.56. The van der Waals surface area contributed by atoms with Crippen LogP contribution >= 0.6 is 0 Å². The number of hydrogen-bond donors (Lipinski definition) is 2. The van der Waals surface area contributed by atoms with Crippen LogP contribution in [0.1, 0.15) is 34.3 Å². The molecule has 35 heavy (non-hydrogen) atoms. The van der Waals surface area contributed by atoms with E-state index in [1.807, 2.05) is 24.3 Å². The van der Waals surface area contributed by atoms with Gasteiger partial charge in [0.05, 0.1) is 18.0 Å². The van der Waals surface area contributed by atoms with Crippen LogP contribution in [-0.4, -0.2) is 36.2 Å². The second-order valence-corrected chi connectivity index (χ2v) is 8.11.